The molecule has 11 nitrogen and oxygen atoms in total. The van der Waals surface area contributed by atoms with Gasteiger partial charge in [-0.1, -0.05) is 75.4 Å². The summed E-state index contributed by atoms with van der Waals surface area (Å²) in [5, 5.41) is 14.3. The summed E-state index contributed by atoms with van der Waals surface area (Å²) in [6.45, 7) is 16.4. The predicted molar refractivity (Wildman–Crippen MR) is 234 cm³/mol. The number of anilines is 2. The molecule has 4 heterocycles. The van der Waals surface area contributed by atoms with Crippen LogP contribution in [0.1, 0.15) is 97.0 Å². The van der Waals surface area contributed by atoms with Crippen molar-refractivity contribution in [1.29, 1.82) is 0 Å². The number of pyridine rings is 1. The summed E-state index contributed by atoms with van der Waals surface area (Å²) in [6.07, 6.45) is 3.80. The molecule has 310 valence electrons. The van der Waals surface area contributed by atoms with Gasteiger partial charge in [0.05, 0.1) is 30.0 Å². The summed E-state index contributed by atoms with van der Waals surface area (Å²) in [5.74, 6) is 0.680. The highest BCUT2D eigenvalue weighted by Gasteiger charge is 2.31. The lowest BCUT2D eigenvalue weighted by Gasteiger charge is -2.33. The highest BCUT2D eigenvalue weighted by Crippen LogP contribution is 2.42. The third kappa shape index (κ3) is 9.60. The van der Waals surface area contributed by atoms with Crippen LogP contribution in [-0.4, -0.2) is 77.2 Å². The van der Waals surface area contributed by atoms with Crippen molar-refractivity contribution < 1.29 is 29.0 Å². The number of carboxylic acids is 1. The van der Waals surface area contributed by atoms with Crippen molar-refractivity contribution in [3.05, 3.63) is 100 Å². The number of hydrogen-bond donors (Lipinski definition) is 2. The van der Waals surface area contributed by atoms with Crippen molar-refractivity contribution in [3.63, 3.8) is 0 Å². The molecule has 0 aliphatic carbocycles. The second-order valence-electron chi connectivity index (χ2n) is 17.0. The zero-order valence-corrected chi connectivity index (χ0v) is 35.8. The monoisotopic (exact) mass is 817 g/mol. The van der Waals surface area contributed by atoms with E-state index in [1.165, 1.54) is 11.3 Å². The Kier molecular flexibility index (Phi) is 12.7. The van der Waals surface area contributed by atoms with Gasteiger partial charge in [-0.2, -0.15) is 0 Å². The number of benzene rings is 3. The van der Waals surface area contributed by atoms with Crippen LogP contribution in [-0.2, 0) is 27.9 Å². The van der Waals surface area contributed by atoms with E-state index in [0.717, 1.165) is 76.1 Å². The van der Waals surface area contributed by atoms with Crippen molar-refractivity contribution in [3.8, 4) is 16.9 Å². The van der Waals surface area contributed by atoms with Gasteiger partial charge in [0.25, 0.3) is 5.91 Å². The van der Waals surface area contributed by atoms with Crippen molar-refractivity contribution in [2.75, 3.05) is 49.6 Å². The van der Waals surface area contributed by atoms with E-state index in [9.17, 15) is 19.5 Å². The molecule has 0 unspecified atom stereocenters. The summed E-state index contributed by atoms with van der Waals surface area (Å²) in [4.78, 5) is 52.6. The van der Waals surface area contributed by atoms with E-state index in [-0.39, 0.29) is 17.6 Å². The van der Waals surface area contributed by atoms with E-state index in [1.807, 2.05) is 74.5 Å². The van der Waals surface area contributed by atoms with Crippen LogP contribution in [0.3, 0.4) is 0 Å². The molecular formula is C47H55N5O6S. The van der Waals surface area contributed by atoms with Crippen LogP contribution in [0.25, 0.3) is 21.3 Å². The molecule has 5 aromatic rings. The fraction of sp³-hybridized carbons (Fsp3) is 0.426. The lowest BCUT2D eigenvalue weighted by atomic mass is 9.80. The van der Waals surface area contributed by atoms with Gasteiger partial charge < -0.3 is 19.5 Å². The number of carbonyl (C=O) groups is 3. The van der Waals surface area contributed by atoms with Gasteiger partial charge in [-0.15, -0.1) is 0 Å². The molecule has 0 radical (unpaired) electrons. The highest BCUT2D eigenvalue weighted by molar-refractivity contribution is 7.22. The van der Waals surface area contributed by atoms with Gasteiger partial charge >= 0.3 is 11.9 Å². The number of thiazole rings is 1. The largest absolute Gasteiger partial charge is 0.493 e. The Labute approximate surface area is 350 Å². The number of rotatable bonds is 13. The first-order valence-corrected chi connectivity index (χ1v) is 21.5. The fourth-order valence-electron chi connectivity index (χ4n) is 8.47. The maximum absolute atomic E-state index is 13.7. The van der Waals surface area contributed by atoms with Crippen LogP contribution in [0.15, 0.2) is 66.7 Å². The number of carbonyl (C=O) groups excluding carboxylic acids is 2. The zero-order valence-electron chi connectivity index (χ0n) is 35.0. The molecule has 2 aromatic heterocycles. The maximum atomic E-state index is 13.7. The molecule has 1 amide bonds. The van der Waals surface area contributed by atoms with E-state index in [2.05, 4.69) is 53.9 Å². The number of para-hydroxylation sites is 1. The minimum atomic E-state index is -1.10. The lowest BCUT2D eigenvalue weighted by molar-refractivity contribution is -0.144. The minimum Gasteiger partial charge on any atom is -0.493 e. The summed E-state index contributed by atoms with van der Waals surface area (Å²) < 4.78 is 12.6. The Balaban J connectivity index is 1.10. The van der Waals surface area contributed by atoms with Gasteiger partial charge in [-0.05, 0) is 128 Å². The number of piperidine rings is 1. The third-order valence-corrected chi connectivity index (χ3v) is 12.5. The number of aromatic nitrogens is 2. The van der Waals surface area contributed by atoms with E-state index in [1.54, 1.807) is 0 Å². The van der Waals surface area contributed by atoms with Gasteiger partial charge in [-0.25, -0.2) is 14.8 Å². The summed E-state index contributed by atoms with van der Waals surface area (Å²) >= 11 is 1.44. The van der Waals surface area contributed by atoms with Crippen LogP contribution < -0.4 is 15.0 Å². The Bertz CT molecular complexity index is 2310. The van der Waals surface area contributed by atoms with Crippen molar-refractivity contribution in [2.24, 2.45) is 11.8 Å². The van der Waals surface area contributed by atoms with Crippen molar-refractivity contribution in [1.82, 2.24) is 14.9 Å². The first-order chi connectivity index (χ1) is 28.3. The molecule has 3 aromatic carbocycles. The molecule has 7 rings (SSSR count). The number of likely N-dealkylation sites (tertiary alicyclic amines) is 1. The normalized spacial score (nSPS) is 15.5. The van der Waals surface area contributed by atoms with E-state index in [4.69, 9.17) is 14.5 Å². The summed E-state index contributed by atoms with van der Waals surface area (Å²) in [5.41, 5.74) is 6.05. The number of nitrogens with zero attached hydrogens (tertiary/aromatic N) is 4. The highest BCUT2D eigenvalue weighted by atomic mass is 32.1. The first kappa shape index (κ1) is 41.8. The minimum absolute atomic E-state index is 0.0111. The van der Waals surface area contributed by atoms with E-state index in [0.29, 0.717) is 73.2 Å². The van der Waals surface area contributed by atoms with Gasteiger partial charge in [-0.3, -0.25) is 19.8 Å². The topological polar surface area (TPSA) is 134 Å². The molecule has 2 aliphatic rings. The summed E-state index contributed by atoms with van der Waals surface area (Å²) in [6, 6.07) is 21.5. The SMILES string of the molecule is CCOC(=O)CN1CCC(C[C@@H](C)COc2cccc(-c3c(C(C)(C)C)cc(N4CCc5cccc(C(=O)Nc6nc7ccccc7s6)c5C4)nc3C(=O)O)c2C)CC1. The lowest BCUT2D eigenvalue weighted by Crippen LogP contribution is -2.38. The van der Waals surface area contributed by atoms with E-state index >= 15 is 0 Å². The van der Waals surface area contributed by atoms with Crippen molar-refractivity contribution >= 4 is 50.3 Å². The van der Waals surface area contributed by atoms with Crippen LogP contribution in [0.2, 0.25) is 0 Å². The van der Waals surface area contributed by atoms with Gasteiger partial charge in [0.15, 0.2) is 10.8 Å². The number of amides is 1. The molecule has 2 N–H and O–H groups in total. The Morgan fingerprint density at radius 3 is 2.49 bits per heavy atom. The molecule has 1 atom stereocenters. The standard InChI is InChI=1S/C47H55N5O6S/c1-7-57-41(53)27-51-21-18-31(19-22-51)24-29(2)28-58-38-16-11-13-33(30(38)3)42-36(47(4,5)6)25-40(49-43(42)45(55)56)52-23-20-32-12-10-14-34(35(32)26-52)44(54)50-46-48-37-15-8-9-17-39(37)59-46/h8-17,25,29,31H,7,18-24,26-28H2,1-6H3,(H,55,56)(H,48,50,54)/t29-/m1/s1. The van der Waals surface area contributed by atoms with Gasteiger partial charge in [0, 0.05) is 24.2 Å². The maximum Gasteiger partial charge on any atom is 0.355 e. The molecule has 0 spiro atoms. The number of ether oxygens (including phenoxy) is 2. The molecule has 0 saturated carbocycles. The summed E-state index contributed by atoms with van der Waals surface area (Å²) in [7, 11) is 0. The number of esters is 1. The number of hydrogen-bond acceptors (Lipinski definition) is 10. The fourth-order valence-corrected chi connectivity index (χ4v) is 9.33. The molecule has 2 aliphatic heterocycles. The third-order valence-electron chi connectivity index (χ3n) is 11.6. The molecule has 59 heavy (non-hydrogen) atoms. The average Bonchev–Trinajstić information content (AvgIpc) is 3.62. The zero-order chi connectivity index (χ0) is 41.8. The number of fused-ring (bicyclic) bond motifs is 2. The Hall–Kier alpha value is -5.33. The van der Waals surface area contributed by atoms with Crippen LogP contribution in [0.4, 0.5) is 10.9 Å². The molecule has 0 bridgehead atoms. The molecular weight excluding hydrogens is 763 g/mol. The molecule has 1 fully saturated rings. The van der Waals surface area contributed by atoms with Crippen LogP contribution in [0, 0.1) is 18.8 Å². The van der Waals surface area contributed by atoms with Crippen molar-refractivity contribution in [2.45, 2.75) is 79.2 Å². The van der Waals surface area contributed by atoms with Gasteiger partial charge in [0.1, 0.15) is 11.6 Å². The second kappa shape index (κ2) is 17.9. The molecule has 12 heteroatoms. The van der Waals surface area contributed by atoms with Crippen LogP contribution >= 0.6 is 11.3 Å². The Morgan fingerprint density at radius 2 is 1.76 bits per heavy atom. The number of nitrogens with one attached hydrogen (secondary N) is 1. The van der Waals surface area contributed by atoms with E-state index < -0.39 is 11.4 Å². The quantitative estimate of drug-likeness (QED) is 0.111. The number of carboxylic acid groups (broad SMARTS) is 1. The smallest absolute Gasteiger partial charge is 0.355 e. The second-order valence-corrected chi connectivity index (χ2v) is 18.0. The first-order valence-electron chi connectivity index (χ1n) is 20.7. The number of aromatic carboxylic acids is 1. The molecule has 1 saturated heterocycles. The Morgan fingerprint density at radius 1 is 1.00 bits per heavy atom. The van der Waals surface area contributed by atoms with Crippen LogP contribution in [0.5, 0.6) is 5.75 Å². The predicted octanol–water partition coefficient (Wildman–Crippen LogP) is 9.16. The van der Waals surface area contributed by atoms with Gasteiger partial charge in [0.2, 0.25) is 0 Å². The average molecular weight is 818 g/mol.